The number of hydrogen-bond acceptors (Lipinski definition) is 4. The van der Waals surface area contributed by atoms with Crippen LogP contribution in [0.2, 0.25) is 0 Å². The number of rotatable bonds is 1. The summed E-state index contributed by atoms with van der Waals surface area (Å²) in [6.45, 7) is 0. The Bertz CT molecular complexity index is 168. The van der Waals surface area contributed by atoms with Gasteiger partial charge in [-0.15, -0.1) is 0 Å². The van der Waals surface area contributed by atoms with Gasteiger partial charge in [-0.2, -0.15) is 5.11 Å². The Morgan fingerprint density at radius 2 is 2.36 bits per heavy atom. The first kappa shape index (κ1) is 7.03. The normalized spacial score (nSPS) is 41.7. The van der Waals surface area contributed by atoms with Gasteiger partial charge in [0, 0.05) is 6.04 Å². The van der Waals surface area contributed by atoms with Crippen LogP contribution in [0.3, 0.4) is 0 Å². The number of fused-ring (bicyclic) bond motifs is 1. The van der Waals surface area contributed by atoms with Crippen LogP contribution in [-0.4, -0.2) is 25.2 Å². The third-order valence-corrected chi connectivity index (χ3v) is 2.65. The maximum absolute atomic E-state index is 4.11. The fourth-order valence-electron chi connectivity index (χ4n) is 1.88. The predicted octanol–water partition coefficient (Wildman–Crippen LogP) is 0.466. The van der Waals surface area contributed by atoms with E-state index in [0.29, 0.717) is 18.1 Å². The lowest BCUT2D eigenvalue weighted by Crippen LogP contribution is -2.43. The minimum atomic E-state index is 0.458. The Morgan fingerprint density at radius 1 is 1.45 bits per heavy atom. The molecule has 3 unspecified atom stereocenters. The molecule has 0 radical (unpaired) electrons. The molecular weight excluding hydrogens is 140 g/mol. The van der Waals surface area contributed by atoms with Gasteiger partial charge in [-0.3, -0.25) is 5.43 Å². The summed E-state index contributed by atoms with van der Waals surface area (Å²) < 4.78 is 0. The van der Waals surface area contributed by atoms with E-state index in [4.69, 9.17) is 0 Å². The first-order valence-electron chi connectivity index (χ1n) is 4.23. The summed E-state index contributed by atoms with van der Waals surface area (Å²) in [7, 11) is 2.02. The largest absolute Gasteiger partial charge is 0.317 e. The van der Waals surface area contributed by atoms with Crippen molar-refractivity contribution in [1.82, 2.24) is 10.7 Å². The van der Waals surface area contributed by atoms with Gasteiger partial charge in [-0.25, -0.2) is 0 Å². The van der Waals surface area contributed by atoms with Crippen LogP contribution < -0.4 is 10.7 Å². The highest BCUT2D eigenvalue weighted by atomic mass is 15.5. The van der Waals surface area contributed by atoms with E-state index in [-0.39, 0.29) is 0 Å². The van der Waals surface area contributed by atoms with Crippen LogP contribution in [0, 0.1) is 0 Å². The fourth-order valence-corrected chi connectivity index (χ4v) is 1.88. The molecule has 0 amide bonds. The third-order valence-electron chi connectivity index (χ3n) is 2.65. The zero-order chi connectivity index (χ0) is 7.68. The molecule has 3 atom stereocenters. The van der Waals surface area contributed by atoms with Crippen molar-refractivity contribution in [3.63, 3.8) is 0 Å². The van der Waals surface area contributed by atoms with Crippen molar-refractivity contribution < 1.29 is 0 Å². The van der Waals surface area contributed by atoms with Crippen LogP contribution in [0.1, 0.15) is 19.3 Å². The van der Waals surface area contributed by atoms with Crippen LogP contribution in [0.25, 0.3) is 0 Å². The van der Waals surface area contributed by atoms with E-state index < -0.39 is 0 Å². The molecule has 1 aliphatic heterocycles. The molecule has 11 heavy (non-hydrogen) atoms. The molecule has 62 valence electrons. The third kappa shape index (κ3) is 1.22. The molecule has 1 fully saturated rings. The Balaban J connectivity index is 1.94. The minimum Gasteiger partial charge on any atom is -0.317 e. The van der Waals surface area contributed by atoms with Crippen molar-refractivity contribution in [3.8, 4) is 0 Å². The topological polar surface area (TPSA) is 48.8 Å². The van der Waals surface area contributed by atoms with E-state index >= 15 is 0 Å². The molecule has 4 heteroatoms. The quantitative estimate of drug-likeness (QED) is 0.576. The molecule has 0 spiro atoms. The molecule has 1 heterocycles. The zero-order valence-corrected chi connectivity index (χ0v) is 6.75. The summed E-state index contributed by atoms with van der Waals surface area (Å²) in [5, 5.41) is 11.2. The lowest BCUT2D eigenvalue weighted by molar-refractivity contribution is 0.314. The Hall–Kier alpha value is -0.640. The van der Waals surface area contributed by atoms with Crippen LogP contribution in [0.5, 0.6) is 0 Å². The van der Waals surface area contributed by atoms with Gasteiger partial charge in [-0.05, 0) is 26.3 Å². The van der Waals surface area contributed by atoms with E-state index in [9.17, 15) is 0 Å². The van der Waals surface area contributed by atoms with Crippen LogP contribution in [0.4, 0.5) is 0 Å². The number of hydrogen-bond donors (Lipinski definition) is 2. The van der Waals surface area contributed by atoms with Crippen molar-refractivity contribution in [2.45, 2.75) is 37.4 Å². The SMILES string of the molecule is CNC1CCC2N=NNC2C1. The molecule has 0 aromatic rings. The molecule has 0 aromatic heterocycles. The van der Waals surface area contributed by atoms with Crippen LogP contribution in [0.15, 0.2) is 10.3 Å². The summed E-state index contributed by atoms with van der Waals surface area (Å²) in [5.74, 6) is 0. The van der Waals surface area contributed by atoms with E-state index in [1.165, 1.54) is 12.8 Å². The highest BCUT2D eigenvalue weighted by Crippen LogP contribution is 2.24. The van der Waals surface area contributed by atoms with E-state index in [1.54, 1.807) is 0 Å². The summed E-state index contributed by atoms with van der Waals surface area (Å²) >= 11 is 0. The van der Waals surface area contributed by atoms with Gasteiger partial charge in [0.25, 0.3) is 0 Å². The van der Waals surface area contributed by atoms with Gasteiger partial charge in [0.05, 0.1) is 12.1 Å². The lowest BCUT2D eigenvalue weighted by atomic mass is 9.88. The van der Waals surface area contributed by atoms with Gasteiger partial charge in [0.15, 0.2) is 0 Å². The minimum absolute atomic E-state index is 0.458. The van der Waals surface area contributed by atoms with Crippen molar-refractivity contribution in [3.05, 3.63) is 0 Å². The smallest absolute Gasteiger partial charge is 0.0948 e. The fraction of sp³-hybridized carbons (Fsp3) is 1.00. The van der Waals surface area contributed by atoms with E-state index in [1.807, 2.05) is 7.05 Å². The maximum atomic E-state index is 4.11. The predicted molar refractivity (Wildman–Crippen MR) is 42.3 cm³/mol. The molecule has 0 aromatic carbocycles. The number of nitrogens with one attached hydrogen (secondary N) is 2. The second-order valence-corrected chi connectivity index (χ2v) is 3.32. The number of nitrogens with zero attached hydrogens (tertiary/aromatic N) is 2. The monoisotopic (exact) mass is 154 g/mol. The molecule has 2 rings (SSSR count). The highest BCUT2D eigenvalue weighted by molar-refractivity contribution is 4.92. The Morgan fingerprint density at radius 3 is 3.18 bits per heavy atom. The first-order valence-corrected chi connectivity index (χ1v) is 4.23. The molecular formula is C7H14N4. The first-order chi connectivity index (χ1) is 5.40. The van der Waals surface area contributed by atoms with Gasteiger partial charge in [0.1, 0.15) is 0 Å². The molecule has 4 nitrogen and oxygen atoms in total. The Kier molecular flexibility index (Phi) is 1.77. The van der Waals surface area contributed by atoms with Gasteiger partial charge in [-0.1, -0.05) is 5.22 Å². The Labute approximate surface area is 66.4 Å². The van der Waals surface area contributed by atoms with Crippen LogP contribution >= 0.6 is 0 Å². The standard InChI is InChI=1S/C7H14N4/c1-8-5-2-3-6-7(4-5)10-11-9-6/h5-8H,2-4H2,1H3,(H,9,10). The molecule has 0 saturated heterocycles. The maximum Gasteiger partial charge on any atom is 0.0948 e. The summed E-state index contributed by atoms with van der Waals surface area (Å²) in [6.07, 6.45) is 3.57. The summed E-state index contributed by atoms with van der Waals surface area (Å²) in [4.78, 5) is 0. The molecule has 2 N–H and O–H groups in total. The second-order valence-electron chi connectivity index (χ2n) is 3.32. The highest BCUT2D eigenvalue weighted by Gasteiger charge is 2.32. The zero-order valence-electron chi connectivity index (χ0n) is 6.75. The average Bonchev–Trinajstić information content (AvgIpc) is 2.50. The molecule has 1 saturated carbocycles. The summed E-state index contributed by atoms with van der Waals surface area (Å²) in [6, 6.07) is 1.62. The van der Waals surface area contributed by atoms with Crippen molar-refractivity contribution in [2.24, 2.45) is 10.3 Å². The van der Waals surface area contributed by atoms with Gasteiger partial charge >= 0.3 is 0 Å². The van der Waals surface area contributed by atoms with Crippen LogP contribution in [-0.2, 0) is 0 Å². The molecule has 0 bridgehead atoms. The van der Waals surface area contributed by atoms with E-state index in [0.717, 1.165) is 6.42 Å². The lowest BCUT2D eigenvalue weighted by Gasteiger charge is -2.28. The van der Waals surface area contributed by atoms with Crippen molar-refractivity contribution in [1.29, 1.82) is 0 Å². The van der Waals surface area contributed by atoms with Crippen molar-refractivity contribution in [2.75, 3.05) is 7.05 Å². The average molecular weight is 154 g/mol. The van der Waals surface area contributed by atoms with Gasteiger partial charge < -0.3 is 5.32 Å². The summed E-state index contributed by atoms with van der Waals surface area (Å²) in [5.41, 5.74) is 3.04. The second kappa shape index (κ2) is 2.77. The van der Waals surface area contributed by atoms with Gasteiger partial charge in [0.2, 0.25) is 0 Å². The molecule has 1 aliphatic carbocycles. The van der Waals surface area contributed by atoms with E-state index in [2.05, 4.69) is 21.1 Å². The van der Waals surface area contributed by atoms with Crippen molar-refractivity contribution >= 4 is 0 Å². The molecule has 2 aliphatic rings.